The Labute approximate surface area is 120 Å². The Bertz CT molecular complexity index is 503. The van der Waals surface area contributed by atoms with Gasteiger partial charge in [-0.2, -0.15) is 0 Å². The minimum Gasteiger partial charge on any atom is -0.429 e. The van der Waals surface area contributed by atoms with Gasteiger partial charge in [0.1, 0.15) is 11.7 Å². The first-order chi connectivity index (χ1) is 9.33. The third-order valence-corrected chi connectivity index (χ3v) is 2.46. The predicted octanol–water partition coefficient (Wildman–Crippen LogP) is 4.04. The molecule has 20 heavy (non-hydrogen) atoms. The summed E-state index contributed by atoms with van der Waals surface area (Å²) in [6.07, 6.45) is 4.26. The Morgan fingerprint density at radius 2 is 1.95 bits per heavy atom. The fraction of sp³-hybridized carbons (Fsp3) is 0.353. The molecule has 0 bridgehead atoms. The number of ether oxygens (including phenoxy) is 2. The zero-order valence-corrected chi connectivity index (χ0v) is 12.2. The SMILES string of the molecule is C#CCC(OC(=O)OC(C)(C)C)C(=C)c1ccccc1. The van der Waals surface area contributed by atoms with Crippen molar-refractivity contribution >= 4 is 11.7 Å². The van der Waals surface area contributed by atoms with Gasteiger partial charge in [-0.15, -0.1) is 12.3 Å². The number of terminal acetylenes is 1. The number of hydrogen-bond acceptors (Lipinski definition) is 3. The number of carbonyl (C=O) groups is 1. The van der Waals surface area contributed by atoms with E-state index in [4.69, 9.17) is 15.9 Å². The van der Waals surface area contributed by atoms with Gasteiger partial charge in [0.15, 0.2) is 0 Å². The lowest BCUT2D eigenvalue weighted by Crippen LogP contribution is -2.28. The Balaban J connectivity index is 2.77. The molecule has 3 nitrogen and oxygen atoms in total. The van der Waals surface area contributed by atoms with Crippen LogP contribution in [0.5, 0.6) is 0 Å². The van der Waals surface area contributed by atoms with Crippen LogP contribution in [0.25, 0.3) is 5.57 Å². The Hall–Kier alpha value is -2.21. The van der Waals surface area contributed by atoms with Gasteiger partial charge in [-0.1, -0.05) is 36.9 Å². The van der Waals surface area contributed by atoms with Crippen LogP contribution in [0, 0.1) is 12.3 Å². The molecule has 1 unspecified atom stereocenters. The maximum Gasteiger partial charge on any atom is 0.509 e. The van der Waals surface area contributed by atoms with E-state index in [2.05, 4.69) is 12.5 Å². The molecule has 0 aromatic heterocycles. The van der Waals surface area contributed by atoms with E-state index in [-0.39, 0.29) is 6.42 Å². The molecule has 1 atom stereocenters. The number of benzene rings is 1. The van der Waals surface area contributed by atoms with Crippen molar-refractivity contribution in [1.82, 2.24) is 0 Å². The third kappa shape index (κ3) is 5.19. The molecular weight excluding hydrogens is 252 g/mol. The van der Waals surface area contributed by atoms with Crippen LogP contribution in [0.3, 0.4) is 0 Å². The van der Waals surface area contributed by atoms with E-state index >= 15 is 0 Å². The Morgan fingerprint density at radius 3 is 2.45 bits per heavy atom. The summed E-state index contributed by atoms with van der Waals surface area (Å²) >= 11 is 0. The average Bonchev–Trinajstić information content (AvgIpc) is 2.36. The van der Waals surface area contributed by atoms with E-state index in [1.807, 2.05) is 30.3 Å². The van der Waals surface area contributed by atoms with E-state index in [0.717, 1.165) is 5.56 Å². The van der Waals surface area contributed by atoms with Crippen LogP contribution in [-0.4, -0.2) is 17.9 Å². The maximum absolute atomic E-state index is 11.7. The summed E-state index contributed by atoms with van der Waals surface area (Å²) in [6.45, 7) is 9.29. The van der Waals surface area contributed by atoms with Crippen molar-refractivity contribution in [2.45, 2.75) is 38.9 Å². The van der Waals surface area contributed by atoms with E-state index < -0.39 is 17.9 Å². The first kappa shape index (κ1) is 15.8. The van der Waals surface area contributed by atoms with Gasteiger partial charge in [0, 0.05) is 0 Å². The van der Waals surface area contributed by atoms with Crippen molar-refractivity contribution in [3.8, 4) is 12.3 Å². The fourth-order valence-corrected chi connectivity index (χ4v) is 1.57. The highest BCUT2D eigenvalue weighted by molar-refractivity contribution is 5.70. The molecule has 1 aromatic carbocycles. The normalized spacial score (nSPS) is 12.1. The van der Waals surface area contributed by atoms with E-state index in [1.54, 1.807) is 20.8 Å². The van der Waals surface area contributed by atoms with Gasteiger partial charge in [-0.25, -0.2) is 4.79 Å². The first-order valence-electron chi connectivity index (χ1n) is 6.41. The van der Waals surface area contributed by atoms with Crippen molar-refractivity contribution in [3.05, 3.63) is 42.5 Å². The molecule has 0 saturated carbocycles. The molecular formula is C17H20O3. The average molecular weight is 272 g/mol. The Morgan fingerprint density at radius 1 is 1.35 bits per heavy atom. The van der Waals surface area contributed by atoms with Gasteiger partial charge >= 0.3 is 6.16 Å². The van der Waals surface area contributed by atoms with Crippen LogP contribution in [-0.2, 0) is 9.47 Å². The summed E-state index contributed by atoms with van der Waals surface area (Å²) in [5.41, 5.74) is 0.942. The highest BCUT2D eigenvalue weighted by Gasteiger charge is 2.23. The standard InChI is InChI=1S/C17H20O3/c1-6-10-15(19-16(18)20-17(3,4)5)13(2)14-11-8-7-9-12-14/h1,7-9,11-12,15H,2,10H2,3-5H3. The zero-order valence-electron chi connectivity index (χ0n) is 12.2. The molecule has 0 heterocycles. The largest absolute Gasteiger partial charge is 0.509 e. The zero-order chi connectivity index (χ0) is 15.2. The number of carbonyl (C=O) groups excluding carboxylic acids is 1. The minimum atomic E-state index is -0.741. The maximum atomic E-state index is 11.7. The van der Waals surface area contributed by atoms with Gasteiger partial charge < -0.3 is 9.47 Å². The number of rotatable bonds is 4. The molecule has 3 heteroatoms. The second-order valence-electron chi connectivity index (χ2n) is 5.37. The van der Waals surface area contributed by atoms with Crippen LogP contribution < -0.4 is 0 Å². The van der Waals surface area contributed by atoms with Crippen LogP contribution >= 0.6 is 0 Å². The van der Waals surface area contributed by atoms with Gasteiger partial charge in [-0.05, 0) is 31.9 Å². The molecule has 1 aromatic rings. The van der Waals surface area contributed by atoms with Crippen LogP contribution in [0.1, 0.15) is 32.8 Å². The van der Waals surface area contributed by atoms with E-state index in [1.165, 1.54) is 0 Å². The highest BCUT2D eigenvalue weighted by Crippen LogP contribution is 2.22. The van der Waals surface area contributed by atoms with Crippen LogP contribution in [0.2, 0.25) is 0 Å². The molecule has 0 aliphatic carbocycles. The van der Waals surface area contributed by atoms with Crippen molar-refractivity contribution in [2.24, 2.45) is 0 Å². The van der Waals surface area contributed by atoms with Gasteiger partial charge in [0.25, 0.3) is 0 Å². The molecule has 0 saturated heterocycles. The van der Waals surface area contributed by atoms with Gasteiger partial charge in [0.05, 0.1) is 6.42 Å². The van der Waals surface area contributed by atoms with E-state index in [9.17, 15) is 4.79 Å². The molecule has 0 fully saturated rings. The minimum absolute atomic E-state index is 0.257. The molecule has 0 amide bonds. The van der Waals surface area contributed by atoms with Crippen molar-refractivity contribution in [1.29, 1.82) is 0 Å². The smallest absolute Gasteiger partial charge is 0.429 e. The van der Waals surface area contributed by atoms with Gasteiger partial charge in [-0.3, -0.25) is 0 Å². The monoisotopic (exact) mass is 272 g/mol. The van der Waals surface area contributed by atoms with Gasteiger partial charge in [0.2, 0.25) is 0 Å². The quantitative estimate of drug-likeness (QED) is 0.613. The fourth-order valence-electron chi connectivity index (χ4n) is 1.57. The molecule has 1 rings (SSSR count). The van der Waals surface area contributed by atoms with Crippen molar-refractivity contribution in [2.75, 3.05) is 0 Å². The molecule has 0 radical (unpaired) electrons. The summed E-state index contributed by atoms with van der Waals surface area (Å²) < 4.78 is 10.4. The summed E-state index contributed by atoms with van der Waals surface area (Å²) in [5.74, 6) is 2.49. The van der Waals surface area contributed by atoms with Crippen molar-refractivity contribution < 1.29 is 14.3 Å². The molecule has 0 spiro atoms. The third-order valence-electron chi connectivity index (χ3n) is 2.46. The summed E-state index contributed by atoms with van der Waals surface area (Å²) in [5, 5.41) is 0. The predicted molar refractivity (Wildman–Crippen MR) is 80.0 cm³/mol. The van der Waals surface area contributed by atoms with Crippen LogP contribution in [0.15, 0.2) is 36.9 Å². The summed E-state index contributed by atoms with van der Waals surface area (Å²) in [6, 6.07) is 9.47. The summed E-state index contributed by atoms with van der Waals surface area (Å²) in [4.78, 5) is 11.7. The first-order valence-corrected chi connectivity index (χ1v) is 6.41. The molecule has 0 aliphatic rings. The lowest BCUT2D eigenvalue weighted by Gasteiger charge is -2.23. The lowest BCUT2D eigenvalue weighted by molar-refractivity contribution is -0.0159. The molecule has 0 aliphatic heterocycles. The Kier molecular flexibility index (Phi) is 5.40. The van der Waals surface area contributed by atoms with Crippen LogP contribution in [0.4, 0.5) is 4.79 Å². The highest BCUT2D eigenvalue weighted by atomic mass is 16.7. The molecule has 0 N–H and O–H groups in total. The summed E-state index contributed by atoms with van der Waals surface area (Å²) in [7, 11) is 0. The second-order valence-corrected chi connectivity index (χ2v) is 5.37. The lowest BCUT2D eigenvalue weighted by atomic mass is 10.0. The van der Waals surface area contributed by atoms with E-state index in [0.29, 0.717) is 5.57 Å². The second kappa shape index (κ2) is 6.81. The topological polar surface area (TPSA) is 35.5 Å². The molecule has 106 valence electrons. The van der Waals surface area contributed by atoms with Crippen molar-refractivity contribution in [3.63, 3.8) is 0 Å². The number of hydrogen-bond donors (Lipinski definition) is 0.